The molecule has 0 aromatic heterocycles. The second kappa shape index (κ2) is 12.2. The van der Waals surface area contributed by atoms with E-state index in [4.69, 9.17) is 35.6 Å². The van der Waals surface area contributed by atoms with Crippen molar-refractivity contribution in [1.29, 1.82) is 0 Å². The van der Waals surface area contributed by atoms with E-state index in [1.165, 1.54) is 18.2 Å². The Labute approximate surface area is 279 Å². The molecule has 4 aliphatic carbocycles. The molecule has 1 amide bonds. The standard InChI is InChI=1S/C32H41ClF3NO11/c1-4-21(39)25(41)26-24(37-16(3)38)22(40)13-29(46-26,27(42)43)45-23-9-18(6-5-15(23)2)32(44-14-30(34,35)36)31(47-48-32)19-7-17-8-20(31)12-28(33,10-17)11-19/h5-6,9,17,19-22,24-26,39-41H,4,7-8,10-14H2,1-3H3,(H,37,38)(H,42,43). The number of amides is 1. The van der Waals surface area contributed by atoms with E-state index in [2.05, 4.69) is 5.32 Å². The summed E-state index contributed by atoms with van der Waals surface area (Å²) in [6.07, 6.45) is -8.73. The Balaban J connectivity index is 1.39. The fraction of sp³-hybridized carbons (Fsp3) is 0.750. The van der Waals surface area contributed by atoms with Crippen molar-refractivity contribution < 1.29 is 67.2 Å². The predicted molar refractivity (Wildman–Crippen MR) is 158 cm³/mol. The number of aliphatic hydroxyl groups excluding tert-OH is 3. The molecule has 2 heterocycles. The average Bonchev–Trinajstić information content (AvgIpc) is 2.97. The summed E-state index contributed by atoms with van der Waals surface area (Å²) in [6.45, 7) is 2.62. The third kappa shape index (κ3) is 5.77. The molecule has 1 spiro atoms. The zero-order valence-electron chi connectivity index (χ0n) is 26.7. The molecule has 6 aliphatic rings. The van der Waals surface area contributed by atoms with Crippen molar-refractivity contribution in [1.82, 2.24) is 5.32 Å². The molecule has 5 N–H and O–H groups in total. The van der Waals surface area contributed by atoms with Crippen LogP contribution >= 0.6 is 11.6 Å². The van der Waals surface area contributed by atoms with Gasteiger partial charge >= 0.3 is 17.9 Å². The first-order valence-electron chi connectivity index (χ1n) is 16.2. The van der Waals surface area contributed by atoms with Crippen molar-refractivity contribution >= 4 is 23.5 Å². The van der Waals surface area contributed by atoms with Crippen LogP contribution in [0.15, 0.2) is 18.2 Å². The monoisotopic (exact) mass is 707 g/mol. The Morgan fingerprint density at radius 1 is 1.12 bits per heavy atom. The van der Waals surface area contributed by atoms with E-state index >= 15 is 0 Å². The number of ether oxygens (including phenoxy) is 3. The van der Waals surface area contributed by atoms with Crippen LogP contribution in [0.2, 0.25) is 0 Å². The smallest absolute Gasteiger partial charge is 0.411 e. The summed E-state index contributed by atoms with van der Waals surface area (Å²) < 4.78 is 58.7. The van der Waals surface area contributed by atoms with Gasteiger partial charge in [0.05, 0.1) is 24.7 Å². The molecule has 4 saturated carbocycles. The van der Waals surface area contributed by atoms with Gasteiger partial charge in [0.15, 0.2) is 5.60 Å². The topological polar surface area (TPSA) is 173 Å². The molecule has 9 atom stereocenters. The van der Waals surface area contributed by atoms with Crippen LogP contribution in [0, 0.1) is 24.7 Å². The second-order valence-electron chi connectivity index (χ2n) is 14.2. The summed E-state index contributed by atoms with van der Waals surface area (Å²) in [7, 11) is 0. The second-order valence-corrected chi connectivity index (χ2v) is 15.0. The van der Waals surface area contributed by atoms with Crippen LogP contribution in [0.3, 0.4) is 0 Å². The highest BCUT2D eigenvalue weighted by Gasteiger charge is 2.79. The van der Waals surface area contributed by atoms with Crippen molar-refractivity contribution in [3.05, 3.63) is 29.3 Å². The number of halogens is 4. The molecular weight excluding hydrogens is 667 g/mol. The van der Waals surface area contributed by atoms with Crippen molar-refractivity contribution in [3.63, 3.8) is 0 Å². The number of carbonyl (C=O) groups is 2. The normalized spacial score (nSPS) is 41.5. The Morgan fingerprint density at radius 3 is 2.31 bits per heavy atom. The van der Waals surface area contributed by atoms with E-state index in [-0.39, 0.29) is 35.5 Å². The fourth-order valence-electron chi connectivity index (χ4n) is 8.89. The van der Waals surface area contributed by atoms with Crippen LogP contribution in [-0.4, -0.2) is 91.8 Å². The van der Waals surface area contributed by atoms with Gasteiger partial charge in [-0.25, -0.2) is 9.68 Å². The number of nitrogens with one attached hydrogen (secondary N) is 1. The Morgan fingerprint density at radius 2 is 1.79 bits per heavy atom. The van der Waals surface area contributed by atoms with Gasteiger partial charge in [-0.15, -0.1) is 11.6 Å². The quantitative estimate of drug-likeness (QED) is 0.179. The summed E-state index contributed by atoms with van der Waals surface area (Å²) in [4.78, 5) is 35.8. The first-order chi connectivity index (χ1) is 22.4. The molecule has 16 heteroatoms. The van der Waals surface area contributed by atoms with Crippen LogP contribution in [0.4, 0.5) is 13.2 Å². The number of hydrogen-bond acceptors (Lipinski definition) is 10. The number of aryl methyl sites for hydroxylation is 1. The highest BCUT2D eigenvalue weighted by Crippen LogP contribution is 2.71. The maximum atomic E-state index is 13.7. The number of aliphatic hydroxyl groups is 3. The van der Waals surface area contributed by atoms with E-state index in [1.807, 2.05) is 0 Å². The lowest BCUT2D eigenvalue weighted by Gasteiger charge is -2.70. The van der Waals surface area contributed by atoms with Gasteiger partial charge in [0.2, 0.25) is 5.91 Å². The number of carbonyl (C=O) groups excluding carboxylic acids is 1. The first kappa shape index (κ1) is 35.6. The molecule has 4 bridgehead atoms. The highest BCUT2D eigenvalue weighted by molar-refractivity contribution is 6.24. The summed E-state index contributed by atoms with van der Waals surface area (Å²) in [6, 6.07) is 3.00. The van der Waals surface area contributed by atoms with Crippen LogP contribution in [-0.2, 0) is 34.6 Å². The minimum Gasteiger partial charge on any atom is -0.476 e. The van der Waals surface area contributed by atoms with Gasteiger partial charge in [-0.3, -0.25) is 4.79 Å². The average molecular weight is 708 g/mol. The van der Waals surface area contributed by atoms with Crippen LogP contribution < -0.4 is 10.1 Å². The van der Waals surface area contributed by atoms with Crippen molar-refractivity contribution in [2.45, 2.75) is 124 Å². The molecule has 1 aromatic rings. The minimum atomic E-state index is -4.72. The number of benzene rings is 1. The minimum absolute atomic E-state index is 0.0311. The van der Waals surface area contributed by atoms with Crippen LogP contribution in [0.1, 0.15) is 69.9 Å². The van der Waals surface area contributed by atoms with E-state index in [0.29, 0.717) is 31.2 Å². The lowest BCUT2D eigenvalue weighted by atomic mass is 9.46. The van der Waals surface area contributed by atoms with Gasteiger partial charge in [0.25, 0.3) is 5.79 Å². The summed E-state index contributed by atoms with van der Waals surface area (Å²) in [5.74, 6) is -7.46. The highest BCUT2D eigenvalue weighted by atomic mass is 35.5. The summed E-state index contributed by atoms with van der Waals surface area (Å²) in [5.41, 5.74) is -0.878. The number of rotatable bonds is 10. The number of hydrogen-bond donors (Lipinski definition) is 5. The zero-order valence-corrected chi connectivity index (χ0v) is 27.4. The fourth-order valence-corrected chi connectivity index (χ4v) is 9.48. The molecule has 48 heavy (non-hydrogen) atoms. The molecular formula is C32H41ClF3NO11. The van der Waals surface area contributed by atoms with Crippen LogP contribution in [0.25, 0.3) is 0 Å². The van der Waals surface area contributed by atoms with Gasteiger partial charge in [0, 0.05) is 17.4 Å². The lowest BCUT2D eigenvalue weighted by Crippen LogP contribution is -2.78. The third-order valence-corrected chi connectivity index (χ3v) is 11.3. The SMILES string of the molecule is CCC(O)C(O)C1OC(Oc2cc(C3(OCC(F)(F)F)OOC34C3CC5CC4CC(Cl)(C5)C3)ccc2C)(C(=O)O)CC(O)C1NC(C)=O. The van der Waals surface area contributed by atoms with Gasteiger partial charge < -0.3 is 40.0 Å². The molecule has 12 nitrogen and oxygen atoms in total. The molecule has 9 unspecified atom stereocenters. The van der Waals surface area contributed by atoms with Crippen molar-refractivity contribution in [2.75, 3.05) is 6.61 Å². The number of carboxylic acids is 1. The van der Waals surface area contributed by atoms with Gasteiger partial charge in [-0.05, 0) is 74.8 Å². The third-order valence-electron chi connectivity index (χ3n) is 10.8. The zero-order chi connectivity index (χ0) is 35.0. The van der Waals surface area contributed by atoms with Gasteiger partial charge in [0.1, 0.15) is 24.6 Å². The van der Waals surface area contributed by atoms with E-state index < -0.39 is 83.6 Å². The van der Waals surface area contributed by atoms with E-state index in [1.54, 1.807) is 13.8 Å². The van der Waals surface area contributed by atoms with Gasteiger partial charge in [-0.1, -0.05) is 19.1 Å². The van der Waals surface area contributed by atoms with E-state index in [0.717, 1.165) is 13.3 Å². The molecule has 268 valence electrons. The Hall–Kier alpha value is -2.24. The van der Waals surface area contributed by atoms with Gasteiger partial charge in [-0.2, -0.15) is 18.1 Å². The maximum Gasteiger partial charge on any atom is 0.411 e. The molecule has 0 radical (unpaired) electrons. The van der Waals surface area contributed by atoms with Crippen molar-refractivity contribution in [2.24, 2.45) is 17.8 Å². The van der Waals surface area contributed by atoms with Crippen molar-refractivity contribution in [3.8, 4) is 5.75 Å². The number of aliphatic carboxylic acids is 1. The Bertz CT molecular complexity index is 1420. The largest absolute Gasteiger partial charge is 0.476 e. The predicted octanol–water partition coefficient (Wildman–Crippen LogP) is 3.19. The first-order valence-corrected chi connectivity index (χ1v) is 16.5. The summed E-state index contributed by atoms with van der Waals surface area (Å²) in [5, 5.41) is 45.3. The number of alkyl halides is 4. The number of carboxylic acid groups (broad SMARTS) is 1. The van der Waals surface area contributed by atoms with Crippen LogP contribution in [0.5, 0.6) is 5.75 Å². The summed E-state index contributed by atoms with van der Waals surface area (Å²) >= 11 is 6.96. The maximum absolute atomic E-state index is 13.7. The lowest BCUT2D eigenvalue weighted by molar-refractivity contribution is -0.650. The Kier molecular flexibility index (Phi) is 9.06. The molecule has 1 aromatic carbocycles. The molecule has 2 saturated heterocycles. The molecule has 2 aliphatic heterocycles. The molecule has 6 fully saturated rings. The molecule has 7 rings (SSSR count). The van der Waals surface area contributed by atoms with E-state index in [9.17, 15) is 43.2 Å².